The molecule has 0 aliphatic heterocycles. The molecule has 0 aromatic carbocycles. The molecule has 0 saturated heterocycles. The number of anilines is 1. The summed E-state index contributed by atoms with van der Waals surface area (Å²) < 4.78 is 1.86. The molecule has 4 heteroatoms. The number of nitrogens with zero attached hydrogens (tertiary/aromatic N) is 2. The van der Waals surface area contributed by atoms with Crippen molar-refractivity contribution >= 4 is 5.69 Å². The van der Waals surface area contributed by atoms with Gasteiger partial charge in [0.15, 0.2) is 0 Å². The van der Waals surface area contributed by atoms with Gasteiger partial charge in [-0.15, -0.1) is 0 Å². The van der Waals surface area contributed by atoms with Gasteiger partial charge in [0.05, 0.1) is 18.4 Å². The fraction of sp³-hybridized carbons (Fsp3) is 0.700. The van der Waals surface area contributed by atoms with E-state index in [2.05, 4.69) is 24.3 Å². The van der Waals surface area contributed by atoms with Crippen LogP contribution in [0.3, 0.4) is 0 Å². The lowest BCUT2D eigenvalue weighted by Crippen LogP contribution is -2.29. The smallest absolute Gasteiger partial charge is 0.0719 e. The van der Waals surface area contributed by atoms with Gasteiger partial charge in [-0.3, -0.25) is 4.68 Å². The van der Waals surface area contributed by atoms with E-state index in [0.29, 0.717) is 6.04 Å². The largest absolute Gasteiger partial charge is 0.396 e. The molecule has 0 bridgehead atoms. The Kier molecular flexibility index (Phi) is 4.46. The first-order chi connectivity index (χ1) is 6.72. The minimum Gasteiger partial charge on any atom is -0.396 e. The van der Waals surface area contributed by atoms with Crippen LogP contribution in [0.1, 0.15) is 26.7 Å². The van der Waals surface area contributed by atoms with Crippen molar-refractivity contribution in [3.63, 3.8) is 0 Å². The molecule has 0 spiro atoms. The van der Waals surface area contributed by atoms with Gasteiger partial charge in [-0.1, -0.05) is 13.3 Å². The van der Waals surface area contributed by atoms with Gasteiger partial charge in [0.1, 0.15) is 0 Å². The molecule has 0 saturated carbocycles. The van der Waals surface area contributed by atoms with Gasteiger partial charge in [0.25, 0.3) is 0 Å². The van der Waals surface area contributed by atoms with Gasteiger partial charge in [0.2, 0.25) is 0 Å². The third kappa shape index (κ3) is 3.79. The highest BCUT2D eigenvalue weighted by molar-refractivity contribution is 5.30. The van der Waals surface area contributed by atoms with E-state index in [1.165, 1.54) is 12.8 Å². The summed E-state index contributed by atoms with van der Waals surface area (Å²) in [4.78, 5) is 0. The van der Waals surface area contributed by atoms with Gasteiger partial charge in [-0.2, -0.15) is 5.10 Å². The second-order valence-corrected chi connectivity index (χ2v) is 3.68. The summed E-state index contributed by atoms with van der Waals surface area (Å²) in [6.45, 7) is 6.24. The maximum absolute atomic E-state index is 5.55. The van der Waals surface area contributed by atoms with Crippen LogP contribution in [-0.4, -0.2) is 22.4 Å². The van der Waals surface area contributed by atoms with Crippen LogP contribution in [-0.2, 0) is 6.54 Å². The molecule has 0 radical (unpaired) electrons. The van der Waals surface area contributed by atoms with E-state index in [0.717, 1.165) is 18.8 Å². The van der Waals surface area contributed by atoms with E-state index in [1.807, 2.05) is 10.9 Å². The van der Waals surface area contributed by atoms with Gasteiger partial charge >= 0.3 is 0 Å². The molecule has 1 aromatic rings. The predicted octanol–water partition coefficient (Wildman–Crippen LogP) is 1.24. The molecule has 3 N–H and O–H groups in total. The third-order valence-corrected chi connectivity index (χ3v) is 2.21. The van der Waals surface area contributed by atoms with Crippen LogP contribution in [0.5, 0.6) is 0 Å². The summed E-state index contributed by atoms with van der Waals surface area (Å²) in [6, 6.07) is 0.591. The van der Waals surface area contributed by atoms with Crippen LogP contribution < -0.4 is 11.1 Å². The monoisotopic (exact) mass is 196 g/mol. The van der Waals surface area contributed by atoms with Crippen molar-refractivity contribution in [3.8, 4) is 0 Å². The highest BCUT2D eigenvalue weighted by atomic mass is 15.3. The van der Waals surface area contributed by atoms with Gasteiger partial charge < -0.3 is 11.1 Å². The van der Waals surface area contributed by atoms with E-state index in [1.54, 1.807) is 6.20 Å². The molecule has 0 aliphatic carbocycles. The van der Waals surface area contributed by atoms with Crippen LogP contribution >= 0.6 is 0 Å². The lowest BCUT2D eigenvalue weighted by molar-refractivity contribution is 0.472. The lowest BCUT2D eigenvalue weighted by Gasteiger charge is -2.12. The Bertz CT molecular complexity index is 256. The number of nitrogen functional groups attached to an aromatic ring is 1. The Balaban J connectivity index is 2.15. The van der Waals surface area contributed by atoms with Crippen molar-refractivity contribution in [2.24, 2.45) is 0 Å². The second-order valence-electron chi connectivity index (χ2n) is 3.68. The average Bonchev–Trinajstić information content (AvgIpc) is 2.52. The first-order valence-electron chi connectivity index (χ1n) is 5.23. The van der Waals surface area contributed by atoms with Crippen LogP contribution in [0.2, 0.25) is 0 Å². The molecule has 14 heavy (non-hydrogen) atoms. The number of nitrogens with two attached hydrogens (primary N) is 1. The molecule has 0 aliphatic rings. The summed E-state index contributed by atoms with van der Waals surface area (Å²) in [5.41, 5.74) is 6.28. The molecular formula is C10H20N4. The zero-order valence-corrected chi connectivity index (χ0v) is 9.03. The molecule has 0 amide bonds. The molecule has 1 aromatic heterocycles. The van der Waals surface area contributed by atoms with Crippen molar-refractivity contribution < 1.29 is 0 Å². The maximum atomic E-state index is 5.55. The van der Waals surface area contributed by atoms with Gasteiger partial charge in [-0.05, 0) is 13.3 Å². The minimum absolute atomic E-state index is 0.591. The number of hydrogen-bond donors (Lipinski definition) is 2. The van der Waals surface area contributed by atoms with Gasteiger partial charge in [-0.25, -0.2) is 0 Å². The zero-order valence-electron chi connectivity index (χ0n) is 9.03. The fourth-order valence-corrected chi connectivity index (χ4v) is 1.46. The first kappa shape index (κ1) is 11.0. The van der Waals surface area contributed by atoms with Gasteiger partial charge in [0, 0.05) is 18.8 Å². The molecule has 80 valence electrons. The first-order valence-corrected chi connectivity index (χ1v) is 5.23. The highest BCUT2D eigenvalue weighted by Gasteiger charge is 1.99. The van der Waals surface area contributed by atoms with Crippen molar-refractivity contribution in [1.82, 2.24) is 15.1 Å². The Morgan fingerprint density at radius 2 is 2.43 bits per heavy atom. The Morgan fingerprint density at radius 1 is 1.64 bits per heavy atom. The number of aromatic nitrogens is 2. The molecule has 1 unspecified atom stereocenters. The van der Waals surface area contributed by atoms with E-state index < -0.39 is 0 Å². The third-order valence-electron chi connectivity index (χ3n) is 2.21. The summed E-state index contributed by atoms with van der Waals surface area (Å²) in [7, 11) is 0. The van der Waals surface area contributed by atoms with E-state index in [9.17, 15) is 0 Å². The van der Waals surface area contributed by atoms with Crippen LogP contribution in [0.4, 0.5) is 5.69 Å². The van der Waals surface area contributed by atoms with Crippen LogP contribution in [0.15, 0.2) is 12.4 Å². The van der Waals surface area contributed by atoms with E-state index >= 15 is 0 Å². The number of rotatable bonds is 6. The second kappa shape index (κ2) is 5.65. The Hall–Kier alpha value is -1.03. The zero-order chi connectivity index (χ0) is 10.4. The average molecular weight is 196 g/mol. The van der Waals surface area contributed by atoms with E-state index in [-0.39, 0.29) is 0 Å². The quantitative estimate of drug-likeness (QED) is 0.720. The summed E-state index contributed by atoms with van der Waals surface area (Å²) in [6.07, 6.45) is 5.98. The van der Waals surface area contributed by atoms with Crippen molar-refractivity contribution in [2.45, 2.75) is 39.3 Å². The number of nitrogens with one attached hydrogen (secondary N) is 1. The minimum atomic E-state index is 0.591. The fourth-order valence-electron chi connectivity index (χ4n) is 1.46. The predicted molar refractivity (Wildman–Crippen MR) is 59.0 cm³/mol. The SMILES string of the molecule is CCCC(C)NCCn1cc(N)cn1. The standard InChI is InChI=1S/C10H20N4/c1-3-4-9(2)12-5-6-14-8-10(11)7-13-14/h7-9,12H,3-6,11H2,1-2H3. The lowest BCUT2D eigenvalue weighted by atomic mass is 10.2. The Morgan fingerprint density at radius 3 is 3.00 bits per heavy atom. The molecule has 1 heterocycles. The summed E-state index contributed by atoms with van der Waals surface area (Å²) in [5.74, 6) is 0. The maximum Gasteiger partial charge on any atom is 0.0719 e. The van der Waals surface area contributed by atoms with Crippen molar-refractivity contribution in [1.29, 1.82) is 0 Å². The van der Waals surface area contributed by atoms with E-state index in [4.69, 9.17) is 5.73 Å². The van der Waals surface area contributed by atoms with Crippen LogP contribution in [0.25, 0.3) is 0 Å². The molecule has 4 nitrogen and oxygen atoms in total. The molecular weight excluding hydrogens is 176 g/mol. The highest BCUT2D eigenvalue weighted by Crippen LogP contribution is 1.97. The molecule has 1 atom stereocenters. The van der Waals surface area contributed by atoms with Crippen molar-refractivity contribution in [2.75, 3.05) is 12.3 Å². The molecule has 1 rings (SSSR count). The molecule has 0 fully saturated rings. The summed E-state index contributed by atoms with van der Waals surface area (Å²) >= 11 is 0. The topological polar surface area (TPSA) is 55.9 Å². The Labute approximate surface area is 85.5 Å². The number of hydrogen-bond acceptors (Lipinski definition) is 3. The normalized spacial score (nSPS) is 13.0. The summed E-state index contributed by atoms with van der Waals surface area (Å²) in [5, 5.41) is 7.55. The van der Waals surface area contributed by atoms with Crippen LogP contribution in [0, 0.1) is 0 Å². The van der Waals surface area contributed by atoms with Crippen molar-refractivity contribution in [3.05, 3.63) is 12.4 Å².